The molecule has 2 rings (SSSR count). The molecule has 28 heavy (non-hydrogen) atoms. The molecule has 0 bridgehead atoms. The summed E-state index contributed by atoms with van der Waals surface area (Å²) < 4.78 is 13.3. The molecule has 0 fully saturated rings. The number of amides is 2. The Balaban J connectivity index is 0.00000392. The number of rotatable bonds is 7. The van der Waals surface area contributed by atoms with Crippen molar-refractivity contribution >= 4 is 40.6 Å². The lowest BCUT2D eigenvalue weighted by molar-refractivity contribution is 0.0793. The summed E-state index contributed by atoms with van der Waals surface area (Å²) in [6.45, 7) is 6.52. The first-order chi connectivity index (χ1) is 12.7. The van der Waals surface area contributed by atoms with Gasteiger partial charge in [0.2, 0.25) is 0 Å². The van der Waals surface area contributed by atoms with Crippen LogP contribution in [0.4, 0.5) is 9.39 Å². The van der Waals surface area contributed by atoms with Crippen LogP contribution in [0.25, 0.3) is 0 Å². The van der Waals surface area contributed by atoms with Crippen molar-refractivity contribution in [3.05, 3.63) is 52.2 Å². The maximum absolute atomic E-state index is 13.3. The van der Waals surface area contributed by atoms with Crippen LogP contribution in [-0.2, 0) is 0 Å². The molecule has 1 aromatic carbocycles. The molecule has 154 valence electrons. The Kier molecular flexibility index (Phi) is 9.07. The Bertz CT molecular complexity index is 826. The molecule has 0 saturated heterocycles. The number of carbonyl (C=O) groups is 2. The SMILES string of the molecule is Cc1cc(NC(=O)c2cccc(F)c2)sc1C(=O)N(C)CCC(N)C(C)C.Cl. The number of thiophene rings is 1. The van der Waals surface area contributed by atoms with Gasteiger partial charge in [0, 0.05) is 25.2 Å². The third kappa shape index (κ3) is 6.29. The van der Waals surface area contributed by atoms with Gasteiger partial charge < -0.3 is 16.0 Å². The third-order valence-corrected chi connectivity index (χ3v) is 5.58. The number of nitrogens with one attached hydrogen (secondary N) is 1. The van der Waals surface area contributed by atoms with Gasteiger partial charge in [0.15, 0.2) is 0 Å². The van der Waals surface area contributed by atoms with Crippen molar-refractivity contribution in [3.63, 3.8) is 0 Å². The summed E-state index contributed by atoms with van der Waals surface area (Å²) in [5, 5.41) is 3.28. The fourth-order valence-corrected chi connectivity index (χ4v) is 3.58. The van der Waals surface area contributed by atoms with Gasteiger partial charge in [-0.1, -0.05) is 19.9 Å². The summed E-state index contributed by atoms with van der Waals surface area (Å²) in [4.78, 5) is 27.2. The zero-order chi connectivity index (χ0) is 20.1. The molecule has 1 atom stereocenters. The molecule has 3 N–H and O–H groups in total. The number of aryl methyl sites for hydroxylation is 1. The smallest absolute Gasteiger partial charge is 0.264 e. The number of anilines is 1. The molecule has 1 unspecified atom stereocenters. The minimum absolute atomic E-state index is 0. The van der Waals surface area contributed by atoms with Crippen molar-refractivity contribution < 1.29 is 14.0 Å². The average molecular weight is 428 g/mol. The lowest BCUT2D eigenvalue weighted by Crippen LogP contribution is -2.34. The Morgan fingerprint density at radius 3 is 2.57 bits per heavy atom. The van der Waals surface area contributed by atoms with E-state index < -0.39 is 11.7 Å². The second kappa shape index (κ2) is 10.5. The van der Waals surface area contributed by atoms with Crippen LogP contribution in [0.5, 0.6) is 0 Å². The van der Waals surface area contributed by atoms with Gasteiger partial charge in [0.05, 0.1) is 9.88 Å². The van der Waals surface area contributed by atoms with Crippen molar-refractivity contribution in [3.8, 4) is 0 Å². The highest BCUT2D eigenvalue weighted by molar-refractivity contribution is 7.18. The van der Waals surface area contributed by atoms with Crippen LogP contribution in [0, 0.1) is 18.7 Å². The maximum Gasteiger partial charge on any atom is 0.264 e. The van der Waals surface area contributed by atoms with E-state index in [2.05, 4.69) is 19.2 Å². The molecule has 5 nitrogen and oxygen atoms in total. The zero-order valence-corrected chi connectivity index (χ0v) is 18.1. The monoisotopic (exact) mass is 427 g/mol. The molecule has 0 saturated carbocycles. The van der Waals surface area contributed by atoms with Gasteiger partial charge in [-0.25, -0.2) is 4.39 Å². The highest BCUT2D eigenvalue weighted by Crippen LogP contribution is 2.28. The molecule has 0 aliphatic rings. The van der Waals surface area contributed by atoms with E-state index in [1.165, 1.54) is 35.6 Å². The summed E-state index contributed by atoms with van der Waals surface area (Å²) in [6, 6.07) is 7.28. The number of benzene rings is 1. The van der Waals surface area contributed by atoms with E-state index >= 15 is 0 Å². The van der Waals surface area contributed by atoms with E-state index in [4.69, 9.17) is 5.73 Å². The summed E-state index contributed by atoms with van der Waals surface area (Å²) >= 11 is 1.22. The molecule has 2 aromatic rings. The second-order valence-electron chi connectivity index (χ2n) is 7.01. The first-order valence-electron chi connectivity index (χ1n) is 8.87. The number of hydrogen-bond acceptors (Lipinski definition) is 4. The lowest BCUT2D eigenvalue weighted by atomic mass is 10.0. The second-order valence-corrected chi connectivity index (χ2v) is 8.06. The fourth-order valence-electron chi connectivity index (χ4n) is 2.52. The van der Waals surface area contributed by atoms with Crippen molar-refractivity contribution in [2.24, 2.45) is 11.7 Å². The van der Waals surface area contributed by atoms with E-state index in [-0.39, 0.29) is 29.9 Å². The van der Waals surface area contributed by atoms with Crippen molar-refractivity contribution in [2.75, 3.05) is 18.9 Å². The summed E-state index contributed by atoms with van der Waals surface area (Å²) in [7, 11) is 1.75. The van der Waals surface area contributed by atoms with E-state index in [0.29, 0.717) is 22.3 Å². The first-order valence-corrected chi connectivity index (χ1v) is 9.69. The van der Waals surface area contributed by atoms with Gasteiger partial charge in [-0.05, 0) is 49.1 Å². The van der Waals surface area contributed by atoms with Gasteiger partial charge in [-0.3, -0.25) is 9.59 Å². The number of halogens is 2. The molecule has 0 aliphatic carbocycles. The number of carbonyl (C=O) groups excluding carboxylic acids is 2. The van der Waals surface area contributed by atoms with Crippen LogP contribution in [0.1, 0.15) is 45.9 Å². The molecule has 1 aromatic heterocycles. The predicted octanol–water partition coefficient (Wildman–Crippen LogP) is 4.32. The molecule has 0 radical (unpaired) electrons. The molecule has 8 heteroatoms. The normalized spacial score (nSPS) is 11.7. The fraction of sp³-hybridized carbons (Fsp3) is 0.400. The number of nitrogens with two attached hydrogens (primary N) is 1. The van der Waals surface area contributed by atoms with Gasteiger partial charge in [-0.15, -0.1) is 23.7 Å². The van der Waals surface area contributed by atoms with Crippen LogP contribution in [0.3, 0.4) is 0 Å². The Labute approximate surface area is 175 Å². The van der Waals surface area contributed by atoms with E-state index in [0.717, 1.165) is 12.0 Å². The zero-order valence-electron chi connectivity index (χ0n) is 16.5. The first kappa shape index (κ1) is 24.1. The number of hydrogen-bond donors (Lipinski definition) is 2. The quantitative estimate of drug-likeness (QED) is 0.691. The molecular weight excluding hydrogens is 401 g/mol. The minimum atomic E-state index is -0.470. The van der Waals surface area contributed by atoms with Gasteiger partial charge in [-0.2, -0.15) is 0 Å². The summed E-state index contributed by atoms with van der Waals surface area (Å²) in [5.41, 5.74) is 7.07. The highest BCUT2D eigenvalue weighted by Gasteiger charge is 2.20. The van der Waals surface area contributed by atoms with Crippen LogP contribution < -0.4 is 11.1 Å². The van der Waals surface area contributed by atoms with Crippen LogP contribution >= 0.6 is 23.7 Å². The maximum atomic E-state index is 13.3. The Hall–Kier alpha value is -1.96. The van der Waals surface area contributed by atoms with Crippen molar-refractivity contribution in [1.82, 2.24) is 4.90 Å². The van der Waals surface area contributed by atoms with Crippen molar-refractivity contribution in [1.29, 1.82) is 0 Å². The molecular formula is C20H27ClFN3O2S. The standard InChI is InChI=1S/C20H26FN3O2S.ClH/c1-12(2)16(22)8-9-24(4)20(26)18-13(3)10-17(27-18)23-19(25)14-6-5-7-15(21)11-14;/h5-7,10-12,16H,8-9,22H2,1-4H3,(H,23,25);1H. The Morgan fingerprint density at radius 2 is 1.96 bits per heavy atom. The van der Waals surface area contributed by atoms with E-state index in [1.54, 1.807) is 18.0 Å². The number of nitrogens with zero attached hydrogens (tertiary/aromatic N) is 1. The minimum Gasteiger partial charge on any atom is -0.341 e. The van der Waals surface area contributed by atoms with Gasteiger partial charge in [0.25, 0.3) is 11.8 Å². The third-order valence-electron chi connectivity index (χ3n) is 4.44. The van der Waals surface area contributed by atoms with E-state index in [9.17, 15) is 14.0 Å². The molecule has 2 amide bonds. The average Bonchev–Trinajstić information content (AvgIpc) is 2.98. The largest absolute Gasteiger partial charge is 0.341 e. The highest BCUT2D eigenvalue weighted by atomic mass is 35.5. The molecule has 1 heterocycles. The van der Waals surface area contributed by atoms with Crippen molar-refractivity contribution in [2.45, 2.75) is 33.2 Å². The Morgan fingerprint density at radius 1 is 1.29 bits per heavy atom. The van der Waals surface area contributed by atoms with Crippen LogP contribution in [0.2, 0.25) is 0 Å². The lowest BCUT2D eigenvalue weighted by Gasteiger charge is -2.21. The van der Waals surface area contributed by atoms with Crippen LogP contribution in [0.15, 0.2) is 30.3 Å². The molecule has 0 aliphatic heterocycles. The van der Waals surface area contributed by atoms with Gasteiger partial charge in [0.1, 0.15) is 5.82 Å². The van der Waals surface area contributed by atoms with E-state index in [1.807, 2.05) is 6.92 Å². The summed E-state index contributed by atoms with van der Waals surface area (Å²) in [5.74, 6) is -0.616. The predicted molar refractivity (Wildman–Crippen MR) is 115 cm³/mol. The van der Waals surface area contributed by atoms with Gasteiger partial charge >= 0.3 is 0 Å². The topological polar surface area (TPSA) is 75.4 Å². The summed E-state index contributed by atoms with van der Waals surface area (Å²) in [6.07, 6.45) is 0.730. The molecule has 0 spiro atoms. The van der Waals surface area contributed by atoms with Crippen LogP contribution in [-0.4, -0.2) is 36.3 Å².